The molecule has 0 bridgehead atoms. The fourth-order valence-electron chi connectivity index (χ4n) is 2.46. The second-order valence-corrected chi connectivity index (χ2v) is 6.81. The number of ether oxygens (including phenoxy) is 4. The number of carbonyl (C=O) groups excluding carboxylic acids is 1. The van der Waals surface area contributed by atoms with Gasteiger partial charge in [-0.1, -0.05) is 39.0 Å². The van der Waals surface area contributed by atoms with Gasteiger partial charge in [0.05, 0.1) is 46.1 Å². The van der Waals surface area contributed by atoms with Gasteiger partial charge in [-0.05, 0) is 12.8 Å². The number of nitrogens with one attached hydrogen (secondary N) is 1. The highest BCUT2D eigenvalue weighted by Gasteiger charge is 2.04. The highest BCUT2D eigenvalue weighted by molar-refractivity contribution is 5.80. The second-order valence-electron chi connectivity index (χ2n) is 6.81. The third-order valence-corrected chi connectivity index (χ3v) is 4.11. The van der Waals surface area contributed by atoms with E-state index in [2.05, 4.69) is 12.2 Å². The van der Waals surface area contributed by atoms with Crippen molar-refractivity contribution in [3.8, 4) is 0 Å². The highest BCUT2D eigenvalue weighted by atomic mass is 16.6. The summed E-state index contributed by atoms with van der Waals surface area (Å²) < 4.78 is 21.8. The zero-order valence-electron chi connectivity index (χ0n) is 18.1. The Morgan fingerprint density at radius 1 is 0.655 bits per heavy atom. The molecule has 2 N–H and O–H groups in total. The minimum atomic E-state index is -0.967. The van der Waals surface area contributed by atoms with Crippen molar-refractivity contribution in [3.63, 3.8) is 0 Å². The van der Waals surface area contributed by atoms with Crippen molar-refractivity contribution in [2.24, 2.45) is 0 Å². The summed E-state index contributed by atoms with van der Waals surface area (Å²) in [7, 11) is 0. The Bertz CT molecular complexity index is 380. The third kappa shape index (κ3) is 24.7. The van der Waals surface area contributed by atoms with Crippen LogP contribution in [0.2, 0.25) is 0 Å². The van der Waals surface area contributed by atoms with Gasteiger partial charge >= 0.3 is 5.97 Å². The van der Waals surface area contributed by atoms with Crippen LogP contribution in [-0.4, -0.2) is 76.4 Å². The van der Waals surface area contributed by atoms with Gasteiger partial charge in [0.25, 0.3) is 0 Å². The molecule has 172 valence electrons. The van der Waals surface area contributed by atoms with E-state index in [4.69, 9.17) is 24.1 Å². The third-order valence-electron chi connectivity index (χ3n) is 4.11. The van der Waals surface area contributed by atoms with Crippen LogP contribution in [0, 0.1) is 0 Å². The lowest BCUT2D eigenvalue weighted by Gasteiger charge is -2.08. The Morgan fingerprint density at radius 3 is 1.69 bits per heavy atom. The molecule has 1 amide bonds. The molecule has 0 aromatic heterocycles. The van der Waals surface area contributed by atoms with Crippen molar-refractivity contribution in [3.05, 3.63) is 0 Å². The van der Waals surface area contributed by atoms with Crippen LogP contribution < -0.4 is 5.32 Å². The van der Waals surface area contributed by atoms with Gasteiger partial charge in [0.1, 0.15) is 0 Å². The van der Waals surface area contributed by atoms with E-state index in [-0.39, 0.29) is 18.7 Å². The number of aliphatic carboxylic acids is 1. The zero-order chi connectivity index (χ0) is 21.4. The first-order valence-electron chi connectivity index (χ1n) is 11.0. The Kier molecular flexibility index (Phi) is 22.1. The number of rotatable bonds is 23. The van der Waals surface area contributed by atoms with E-state index in [1.165, 1.54) is 32.1 Å². The fourth-order valence-corrected chi connectivity index (χ4v) is 2.46. The van der Waals surface area contributed by atoms with Crippen LogP contribution in [0.25, 0.3) is 0 Å². The molecule has 0 aliphatic rings. The molecular formula is C21H41NO7. The first kappa shape index (κ1) is 27.8. The van der Waals surface area contributed by atoms with Gasteiger partial charge in [0, 0.05) is 26.2 Å². The first-order chi connectivity index (χ1) is 14.2. The van der Waals surface area contributed by atoms with E-state index in [9.17, 15) is 9.59 Å². The zero-order valence-corrected chi connectivity index (χ0v) is 18.1. The molecule has 29 heavy (non-hydrogen) atoms. The lowest BCUT2D eigenvalue weighted by molar-refractivity contribution is -0.138. The predicted octanol–water partition coefficient (Wildman–Crippen LogP) is 2.78. The van der Waals surface area contributed by atoms with E-state index < -0.39 is 5.97 Å². The number of hydrogen-bond acceptors (Lipinski definition) is 6. The second kappa shape index (κ2) is 23.1. The Hall–Kier alpha value is -1.22. The SMILES string of the molecule is CCCCCCCCOCCOCCOCCOCCCNC(=O)CCC(=O)O. The van der Waals surface area contributed by atoms with Crippen LogP contribution in [0.5, 0.6) is 0 Å². The smallest absolute Gasteiger partial charge is 0.303 e. The molecule has 0 heterocycles. The van der Waals surface area contributed by atoms with Gasteiger partial charge in [-0.3, -0.25) is 9.59 Å². The van der Waals surface area contributed by atoms with Crippen LogP contribution in [0.1, 0.15) is 64.7 Å². The van der Waals surface area contributed by atoms with Gasteiger partial charge in [-0.2, -0.15) is 0 Å². The summed E-state index contributed by atoms with van der Waals surface area (Å²) in [6.45, 7) is 7.34. The normalized spacial score (nSPS) is 10.9. The van der Waals surface area contributed by atoms with Gasteiger partial charge in [0.2, 0.25) is 5.91 Å². The summed E-state index contributed by atoms with van der Waals surface area (Å²) in [5.74, 6) is -1.21. The predicted molar refractivity (Wildman–Crippen MR) is 111 cm³/mol. The maximum atomic E-state index is 11.3. The molecule has 0 rings (SSSR count). The molecule has 0 radical (unpaired) electrons. The Labute approximate surface area is 175 Å². The molecule has 8 nitrogen and oxygen atoms in total. The summed E-state index contributed by atoms with van der Waals surface area (Å²) in [6, 6.07) is 0. The summed E-state index contributed by atoms with van der Waals surface area (Å²) in [6.07, 6.45) is 8.18. The minimum Gasteiger partial charge on any atom is -0.481 e. The fraction of sp³-hybridized carbons (Fsp3) is 0.905. The number of carboxylic acids is 1. The van der Waals surface area contributed by atoms with Gasteiger partial charge in [0.15, 0.2) is 0 Å². The molecule has 0 saturated heterocycles. The van der Waals surface area contributed by atoms with Crippen molar-refractivity contribution < 1.29 is 33.6 Å². The lowest BCUT2D eigenvalue weighted by Crippen LogP contribution is -2.25. The summed E-state index contributed by atoms with van der Waals surface area (Å²) in [5, 5.41) is 11.1. The number of amides is 1. The van der Waals surface area contributed by atoms with Crippen LogP contribution in [-0.2, 0) is 28.5 Å². The highest BCUT2D eigenvalue weighted by Crippen LogP contribution is 2.04. The molecule has 0 fully saturated rings. The van der Waals surface area contributed by atoms with Gasteiger partial charge < -0.3 is 29.4 Å². The molecular weight excluding hydrogens is 378 g/mol. The van der Waals surface area contributed by atoms with Gasteiger partial charge in [-0.25, -0.2) is 0 Å². The van der Waals surface area contributed by atoms with Gasteiger partial charge in [-0.15, -0.1) is 0 Å². The minimum absolute atomic E-state index is 0.0113. The number of hydrogen-bond donors (Lipinski definition) is 2. The average molecular weight is 420 g/mol. The van der Waals surface area contributed by atoms with Crippen molar-refractivity contribution in [2.45, 2.75) is 64.7 Å². The van der Waals surface area contributed by atoms with Crippen molar-refractivity contribution in [2.75, 3.05) is 59.4 Å². The van der Waals surface area contributed by atoms with Crippen molar-refractivity contribution in [1.82, 2.24) is 5.32 Å². The molecule has 0 aromatic carbocycles. The molecule has 0 unspecified atom stereocenters. The summed E-state index contributed by atoms with van der Waals surface area (Å²) >= 11 is 0. The number of unbranched alkanes of at least 4 members (excludes halogenated alkanes) is 5. The molecule has 0 aromatic rings. The monoisotopic (exact) mass is 419 g/mol. The first-order valence-corrected chi connectivity index (χ1v) is 11.0. The molecule has 0 spiro atoms. The lowest BCUT2D eigenvalue weighted by atomic mass is 10.1. The quantitative estimate of drug-likeness (QED) is 0.245. The molecule has 0 atom stereocenters. The molecule has 0 aliphatic heterocycles. The van der Waals surface area contributed by atoms with Crippen LogP contribution in [0.4, 0.5) is 0 Å². The maximum absolute atomic E-state index is 11.3. The Morgan fingerprint density at radius 2 is 1.14 bits per heavy atom. The van der Waals surface area contributed by atoms with Crippen molar-refractivity contribution >= 4 is 11.9 Å². The average Bonchev–Trinajstić information content (AvgIpc) is 2.70. The number of carboxylic acid groups (broad SMARTS) is 1. The van der Waals surface area contributed by atoms with E-state index in [0.717, 1.165) is 13.0 Å². The van der Waals surface area contributed by atoms with E-state index in [1.54, 1.807) is 0 Å². The number of carbonyl (C=O) groups is 2. The van der Waals surface area contributed by atoms with Crippen LogP contribution in [0.3, 0.4) is 0 Å². The summed E-state index contributed by atoms with van der Waals surface area (Å²) in [5.41, 5.74) is 0. The van der Waals surface area contributed by atoms with Crippen molar-refractivity contribution in [1.29, 1.82) is 0 Å². The van der Waals surface area contributed by atoms with Crippen LogP contribution in [0.15, 0.2) is 0 Å². The maximum Gasteiger partial charge on any atom is 0.303 e. The molecule has 8 heteroatoms. The molecule has 0 saturated carbocycles. The van der Waals surface area contributed by atoms with E-state index in [0.29, 0.717) is 59.2 Å². The molecule has 0 aliphatic carbocycles. The van der Waals surface area contributed by atoms with E-state index >= 15 is 0 Å². The Balaban J connectivity index is 3.08. The largest absolute Gasteiger partial charge is 0.481 e. The van der Waals surface area contributed by atoms with E-state index in [1.807, 2.05) is 0 Å². The standard InChI is InChI=1S/C21H41NO7/c1-2-3-4-5-6-7-12-26-14-16-28-18-19-29-17-15-27-13-8-11-22-20(23)9-10-21(24)25/h2-19H2,1H3,(H,22,23)(H,24,25). The summed E-state index contributed by atoms with van der Waals surface area (Å²) in [4.78, 5) is 21.6. The van der Waals surface area contributed by atoms with Crippen LogP contribution >= 0.6 is 0 Å². The topological polar surface area (TPSA) is 103 Å².